The van der Waals surface area contributed by atoms with Crippen LogP contribution in [0.5, 0.6) is 0 Å². The summed E-state index contributed by atoms with van der Waals surface area (Å²) < 4.78 is 61.2. The fraction of sp³-hybridized carbons (Fsp3) is 0.584. The van der Waals surface area contributed by atoms with Gasteiger partial charge in [0.15, 0.2) is 11.4 Å². The van der Waals surface area contributed by atoms with Gasteiger partial charge in [0.05, 0.1) is 107 Å². The number of hydrogen-bond acceptors (Lipinski definition) is 32. The van der Waals surface area contributed by atoms with Crippen molar-refractivity contribution in [2.24, 2.45) is 35.5 Å². The van der Waals surface area contributed by atoms with E-state index in [0.29, 0.717) is 196 Å². The Morgan fingerprint density at radius 1 is 0.698 bits per heavy atom. The number of aromatic nitrogens is 10. The number of fused-ring (bicyclic) bond motifs is 7. The van der Waals surface area contributed by atoms with Crippen LogP contribution in [0.25, 0.3) is 33.3 Å². The van der Waals surface area contributed by atoms with Crippen LogP contribution in [-0.4, -0.2) is 303 Å². The Hall–Kier alpha value is -11.5. The van der Waals surface area contributed by atoms with Crippen LogP contribution in [0.4, 0.5) is 28.3 Å². The molecule has 139 heavy (non-hydrogen) atoms. The molecule has 2 unspecified atom stereocenters. The summed E-state index contributed by atoms with van der Waals surface area (Å²) in [6.07, 6.45) is 19.0. The predicted octanol–water partition coefficient (Wildman–Crippen LogP) is 8.96. The quantitative estimate of drug-likeness (QED) is 0.0115. The first kappa shape index (κ1) is 103. The van der Waals surface area contributed by atoms with Gasteiger partial charge in [0.2, 0.25) is 23.6 Å². The second kappa shape index (κ2) is 48.6. The number of piperidine rings is 1. The molecule has 6 aromatic heterocycles. The molecule has 0 radical (unpaired) electrons. The first-order valence-electron chi connectivity index (χ1n) is 48.9. The number of methoxy groups -OCH3 is 3. The molecule has 2 bridgehead atoms. The number of carbonyl (C=O) groups excluding carboxylic acids is 8. The average molecular weight is 1920 g/mol. The molecule has 0 spiro atoms. The topological polar surface area (TPSA) is 473 Å². The molecule has 15 atom stereocenters. The van der Waals surface area contributed by atoms with Gasteiger partial charge < -0.3 is 104 Å². The number of aliphatic hydroxyl groups excluding tert-OH is 1. The van der Waals surface area contributed by atoms with E-state index >= 15 is 0 Å². The fourth-order valence-electron chi connectivity index (χ4n) is 19.8. The molecule has 38 heteroatoms. The minimum Gasteiger partial charge on any atom is -0.460 e. The summed E-state index contributed by atoms with van der Waals surface area (Å²) in [4.78, 5) is 157. The lowest BCUT2D eigenvalue weighted by Crippen LogP contribution is -2.61. The molecule has 750 valence electrons. The SMILES string of the molecule is CO[C@H]1C[C@@H]2CC[C@@H](C)[C@@](O)(O2)C(=O)C(=O)N2CCCC[C@H]2C(=O)OC([C@H](C)C[C@@H]2CC[C@@H](OC(=O)N3CCc4nc(N5CCN(c6ncc(C(=O)NCCOCCOCCOCCOCCC(=O)N7CCc8cc(Cn9nc(-c%10cnc%11[nH]ccc%11c%10)c%10c(N)ncnc%109)ccc8C7)c(N)n6)CC5)ncc4C3)[C@H](OC)C2)CC(=O)[C@H](C)/C=C(\C)C(O)[C@@H](OC)C(=O)[C@H](C)C[C@H](C)/C=C/C=C/C=C/1C. The highest BCUT2D eigenvalue weighted by Gasteiger charge is 2.54. The van der Waals surface area contributed by atoms with Gasteiger partial charge in [-0.2, -0.15) is 10.1 Å². The van der Waals surface area contributed by atoms with Gasteiger partial charge in [0, 0.05) is 159 Å². The second-order valence-corrected chi connectivity index (χ2v) is 37.9. The van der Waals surface area contributed by atoms with Crippen LogP contribution in [0.1, 0.15) is 170 Å². The van der Waals surface area contributed by atoms with Crippen LogP contribution >= 0.6 is 0 Å². The van der Waals surface area contributed by atoms with Crippen LogP contribution in [0.2, 0.25) is 0 Å². The van der Waals surface area contributed by atoms with E-state index in [9.17, 15) is 48.6 Å². The van der Waals surface area contributed by atoms with E-state index in [2.05, 4.69) is 58.3 Å². The second-order valence-electron chi connectivity index (χ2n) is 37.9. The summed E-state index contributed by atoms with van der Waals surface area (Å²) in [5.41, 5.74) is 22.0. The van der Waals surface area contributed by atoms with Gasteiger partial charge in [0.25, 0.3) is 17.6 Å². The van der Waals surface area contributed by atoms with Crippen LogP contribution in [0, 0.1) is 35.5 Å². The number of aromatic amines is 1. The number of H-pyrrole nitrogens is 1. The number of nitrogens with two attached hydrogens (primary N) is 2. The number of carbonyl (C=O) groups is 8. The molecule has 1 aromatic carbocycles. The zero-order valence-corrected chi connectivity index (χ0v) is 81.5. The molecule has 1 aliphatic carbocycles. The number of rotatable bonds is 28. The van der Waals surface area contributed by atoms with Crippen molar-refractivity contribution in [2.45, 2.75) is 219 Å². The number of Topliss-reactive ketones (excluding diaryl/α,β-unsaturated/α-hetero) is 3. The molecule has 7 aromatic rings. The first-order chi connectivity index (χ1) is 67.1. The summed E-state index contributed by atoms with van der Waals surface area (Å²) in [6, 6.07) is 9.09. The van der Waals surface area contributed by atoms with Crippen molar-refractivity contribution in [3.8, 4) is 11.3 Å². The number of cyclic esters (lactones) is 1. The number of allylic oxidation sites excluding steroid dienone is 6. The number of benzene rings is 1. The molecule has 4 fully saturated rings. The maximum atomic E-state index is 14.9. The Bertz CT molecular complexity index is 5580. The number of piperazine rings is 1. The van der Waals surface area contributed by atoms with Gasteiger partial charge in [-0.3, -0.25) is 28.8 Å². The van der Waals surface area contributed by atoms with Crippen molar-refractivity contribution < 1.29 is 95.9 Å². The molecule has 3 saturated heterocycles. The monoisotopic (exact) mass is 1920 g/mol. The molecule has 4 amide bonds. The lowest BCUT2D eigenvalue weighted by molar-refractivity contribution is -0.265. The number of ether oxygens (including phenoxy) is 10. The van der Waals surface area contributed by atoms with Gasteiger partial charge in [-0.05, 0) is 142 Å². The van der Waals surface area contributed by atoms with Crippen molar-refractivity contribution in [3.63, 3.8) is 0 Å². The van der Waals surface area contributed by atoms with Crippen molar-refractivity contribution in [1.29, 1.82) is 0 Å². The highest BCUT2D eigenvalue weighted by Crippen LogP contribution is 2.41. The van der Waals surface area contributed by atoms with Crippen molar-refractivity contribution >= 4 is 92.7 Å². The summed E-state index contributed by atoms with van der Waals surface area (Å²) >= 11 is 0. The number of ketones is 3. The molecule has 6 aliphatic heterocycles. The number of nitrogens with one attached hydrogen (secondary N) is 2. The zero-order chi connectivity index (χ0) is 98.6. The van der Waals surface area contributed by atoms with Gasteiger partial charge in [0.1, 0.15) is 65.5 Å². The van der Waals surface area contributed by atoms with Crippen molar-refractivity contribution in [3.05, 3.63) is 143 Å². The molecule has 7 aliphatic rings. The third kappa shape index (κ3) is 26.0. The number of nitrogen functional groups attached to an aromatic ring is 2. The summed E-state index contributed by atoms with van der Waals surface area (Å²) in [5, 5.41) is 33.3. The third-order valence-corrected chi connectivity index (χ3v) is 28.1. The highest BCUT2D eigenvalue weighted by molar-refractivity contribution is 6.39. The minimum absolute atomic E-state index is 0.0268. The van der Waals surface area contributed by atoms with Gasteiger partial charge in [-0.1, -0.05) is 89.3 Å². The Morgan fingerprint density at radius 3 is 2.17 bits per heavy atom. The molecule has 38 nitrogen and oxygen atoms in total. The highest BCUT2D eigenvalue weighted by atomic mass is 16.6. The molecule has 8 N–H and O–H groups in total. The van der Waals surface area contributed by atoms with E-state index in [4.69, 9.17) is 73.9 Å². The number of nitrogens with zero attached hydrogens (tertiary/aromatic N) is 14. The summed E-state index contributed by atoms with van der Waals surface area (Å²) in [6.45, 7) is 19.7. The molecule has 1 saturated carbocycles. The van der Waals surface area contributed by atoms with E-state index in [1.807, 2.05) is 84.0 Å². The lowest BCUT2D eigenvalue weighted by Gasteiger charge is -2.42. The van der Waals surface area contributed by atoms with E-state index < -0.39 is 108 Å². The molecule has 12 heterocycles. The smallest absolute Gasteiger partial charge is 0.410 e. The van der Waals surface area contributed by atoms with E-state index in [1.54, 1.807) is 65.3 Å². The lowest BCUT2D eigenvalue weighted by atomic mass is 9.78. The number of aliphatic hydroxyl groups is 2. The number of pyridine rings is 1. The summed E-state index contributed by atoms with van der Waals surface area (Å²) in [7, 11) is 4.51. The predicted molar refractivity (Wildman–Crippen MR) is 516 cm³/mol. The van der Waals surface area contributed by atoms with Crippen molar-refractivity contribution in [2.75, 3.05) is 148 Å². The Morgan fingerprint density at radius 2 is 1.42 bits per heavy atom. The number of amides is 4. The zero-order valence-electron chi connectivity index (χ0n) is 81.5. The summed E-state index contributed by atoms with van der Waals surface area (Å²) in [5.74, 6) is -7.85. The Balaban J connectivity index is 0.482. The van der Waals surface area contributed by atoms with Crippen molar-refractivity contribution in [1.82, 2.24) is 69.7 Å². The van der Waals surface area contributed by atoms with Crippen LogP contribution in [0.15, 0.2) is 109 Å². The Labute approximate surface area is 810 Å². The van der Waals surface area contributed by atoms with Crippen LogP contribution in [-0.2, 0) is 109 Å². The number of esters is 1. The van der Waals surface area contributed by atoms with E-state index in [1.165, 1.54) is 30.1 Å². The normalized spacial score (nSPS) is 26.8. The first-order valence-corrected chi connectivity index (χ1v) is 48.9. The average Bonchev–Trinajstić information content (AvgIpc) is 1.34. The number of hydrogen-bond donors (Lipinski definition) is 6. The maximum absolute atomic E-state index is 14.9. The van der Waals surface area contributed by atoms with Gasteiger partial charge in [-0.15, -0.1) is 0 Å². The van der Waals surface area contributed by atoms with E-state index in [0.717, 1.165) is 51.0 Å². The molecular formula is C101H136N18O20. The number of anilines is 4. The van der Waals surface area contributed by atoms with Crippen LogP contribution < -0.4 is 26.6 Å². The van der Waals surface area contributed by atoms with Gasteiger partial charge in [-0.25, -0.2) is 44.2 Å². The Kier molecular flexibility index (Phi) is 36.2. The third-order valence-electron chi connectivity index (χ3n) is 28.1. The fourth-order valence-corrected chi connectivity index (χ4v) is 19.8. The molecule has 14 rings (SSSR count). The van der Waals surface area contributed by atoms with E-state index in [-0.39, 0.29) is 99.2 Å². The van der Waals surface area contributed by atoms with Crippen LogP contribution in [0.3, 0.4) is 0 Å². The molecular weight excluding hydrogens is 1790 g/mol. The minimum atomic E-state index is -2.50. The van der Waals surface area contributed by atoms with Gasteiger partial charge >= 0.3 is 12.1 Å². The largest absolute Gasteiger partial charge is 0.460 e. The maximum Gasteiger partial charge on any atom is 0.410 e. The standard InChI is InChI=1S/C101H136N18O20/c1-61-16-12-11-13-17-62(2)81(130-8)52-75-23-19-67(7)101(129,139-75)90(124)96(126)118-31-15-14-18-78(118)97(127)137-82(53-79(120)63(3)47-66(6)88(123)89(132-10)87(122)65(5)46-61)64(4)48-68-21-24-80(83(50-68)131-9)138-100(128)117-33-27-77-74(59-117)55-107-98(111-77)114-34-36-115(37-35-114)99-108-56-76(91(102)112-99)95(125)105-30-39-134-41-43-136-45-44-135-42-40-133-38-28-84(121)116-32-26-70-49-69(20-22-72(70)58-116)57-119-94-85(92(103)109-60-110-94)86(113-119)73-51-71-25-29-104-93(71)106-54-73/h11-13,16-17,20,22,25,29,47,49,51,54-56,60-61,63-65,67-68,75,78,80-83,88-89,123,129H,14-15,18-19,21,23-24,26-28,30-46,48,50,52-53,57-59H2,1-10H3,(H,104,106)(H,105,125)(H2,102,108,112)(H2,103,109,110)/b13-11+,16-12+,62-17+,66-47+/t61-,63-,64-,65-,67-,68+,75+,78+,80-,81+,82?,83-,88?,89+,101-/m1/s1.